The average Bonchev–Trinajstić information content (AvgIpc) is 2.87. The smallest absolute Gasteiger partial charge is 0.264 e. The highest BCUT2D eigenvalue weighted by Crippen LogP contribution is 2.33. The molecule has 1 aromatic carbocycles. The van der Waals surface area contributed by atoms with Crippen molar-refractivity contribution in [2.24, 2.45) is 0 Å². The molecule has 3 rings (SSSR count). The number of benzene rings is 1. The van der Waals surface area contributed by atoms with Crippen molar-refractivity contribution in [2.75, 3.05) is 32.1 Å². The molecule has 0 aliphatic carbocycles. The zero-order chi connectivity index (χ0) is 18.8. The number of amides is 4. The molecule has 0 aromatic heterocycles. The van der Waals surface area contributed by atoms with E-state index in [1.165, 1.54) is 0 Å². The summed E-state index contributed by atoms with van der Waals surface area (Å²) in [6, 6.07) is 4.20. The number of anilines is 1. The largest absolute Gasteiger partial charge is 0.374 e. The maximum atomic E-state index is 13.0. The van der Waals surface area contributed by atoms with Crippen LogP contribution in [0.25, 0.3) is 0 Å². The Balaban J connectivity index is 1.89. The summed E-state index contributed by atoms with van der Waals surface area (Å²) in [5, 5.41) is 5.28. The van der Waals surface area contributed by atoms with Crippen LogP contribution in [0.1, 0.15) is 40.0 Å². The molecule has 8 heteroatoms. The highest BCUT2D eigenvalue weighted by atomic mass is 16.2. The summed E-state index contributed by atoms with van der Waals surface area (Å²) >= 11 is 0. The Morgan fingerprint density at radius 2 is 2.00 bits per heavy atom. The molecular formula is C18H22N4O4. The summed E-state index contributed by atoms with van der Waals surface area (Å²) in [5.41, 5.74) is 1.30. The van der Waals surface area contributed by atoms with Gasteiger partial charge in [-0.2, -0.15) is 0 Å². The molecule has 1 aromatic rings. The zero-order valence-electron chi connectivity index (χ0n) is 14.9. The first kappa shape index (κ1) is 18.1. The van der Waals surface area contributed by atoms with Gasteiger partial charge in [0.1, 0.15) is 6.04 Å². The Morgan fingerprint density at radius 1 is 1.23 bits per heavy atom. The molecule has 2 N–H and O–H groups in total. The predicted molar refractivity (Wildman–Crippen MR) is 94.9 cm³/mol. The van der Waals surface area contributed by atoms with Crippen LogP contribution >= 0.6 is 0 Å². The quantitative estimate of drug-likeness (QED) is 0.554. The number of hydrogen-bond acceptors (Lipinski definition) is 6. The molecule has 0 spiro atoms. The lowest BCUT2D eigenvalue weighted by atomic mass is 10.0. The van der Waals surface area contributed by atoms with Crippen LogP contribution in [-0.4, -0.2) is 61.8 Å². The highest BCUT2D eigenvalue weighted by Gasteiger charge is 2.45. The van der Waals surface area contributed by atoms with E-state index in [2.05, 4.69) is 10.6 Å². The molecule has 1 atom stereocenters. The maximum absolute atomic E-state index is 13.0. The number of carbonyl (C=O) groups is 4. The van der Waals surface area contributed by atoms with Crippen molar-refractivity contribution in [1.29, 1.82) is 0 Å². The minimum atomic E-state index is -0.942. The van der Waals surface area contributed by atoms with Gasteiger partial charge >= 0.3 is 0 Å². The van der Waals surface area contributed by atoms with E-state index in [1.807, 2.05) is 19.0 Å². The topological polar surface area (TPSA) is 98.8 Å². The fourth-order valence-electron chi connectivity index (χ4n) is 3.43. The molecule has 1 unspecified atom stereocenters. The van der Waals surface area contributed by atoms with Crippen LogP contribution in [0, 0.1) is 0 Å². The predicted octanol–water partition coefficient (Wildman–Crippen LogP) is 0.134. The van der Waals surface area contributed by atoms with Gasteiger partial charge in [0.25, 0.3) is 11.8 Å². The Bertz CT molecular complexity index is 776. The van der Waals surface area contributed by atoms with Gasteiger partial charge in [0.15, 0.2) is 0 Å². The molecule has 2 aliphatic heterocycles. The number of piperidine rings is 1. The maximum Gasteiger partial charge on any atom is 0.264 e. The molecule has 4 amide bonds. The number of hydrogen-bond donors (Lipinski definition) is 2. The highest BCUT2D eigenvalue weighted by molar-refractivity contribution is 6.25. The van der Waals surface area contributed by atoms with E-state index < -0.39 is 23.8 Å². The Labute approximate surface area is 151 Å². The van der Waals surface area contributed by atoms with Crippen LogP contribution in [0.5, 0.6) is 0 Å². The number of carbonyl (C=O) groups excluding carboxylic acids is 4. The van der Waals surface area contributed by atoms with Gasteiger partial charge in [-0.15, -0.1) is 0 Å². The third-order valence-corrected chi connectivity index (χ3v) is 4.78. The number of rotatable bonds is 6. The van der Waals surface area contributed by atoms with Gasteiger partial charge in [-0.05, 0) is 38.6 Å². The first-order valence-electron chi connectivity index (χ1n) is 8.66. The number of fused-ring (bicyclic) bond motifs is 1. The summed E-state index contributed by atoms with van der Waals surface area (Å²) in [6.45, 7) is 1.56. The fraction of sp³-hybridized carbons (Fsp3) is 0.444. The molecule has 2 heterocycles. The van der Waals surface area contributed by atoms with Crippen molar-refractivity contribution in [3.63, 3.8) is 0 Å². The summed E-state index contributed by atoms with van der Waals surface area (Å²) in [7, 11) is 3.75. The second-order valence-electron chi connectivity index (χ2n) is 6.53. The average molecular weight is 358 g/mol. The number of nitrogens with zero attached hydrogens (tertiary/aromatic N) is 2. The minimum absolute atomic E-state index is 0.112. The van der Waals surface area contributed by atoms with E-state index in [9.17, 15) is 19.2 Å². The first-order chi connectivity index (χ1) is 12.5. The summed E-state index contributed by atoms with van der Waals surface area (Å²) in [4.78, 5) is 52.2. The van der Waals surface area contributed by atoms with Gasteiger partial charge in [-0.3, -0.25) is 29.4 Å². The molecule has 26 heavy (non-hydrogen) atoms. The Morgan fingerprint density at radius 3 is 2.69 bits per heavy atom. The molecule has 138 valence electrons. The van der Waals surface area contributed by atoms with E-state index >= 15 is 0 Å². The van der Waals surface area contributed by atoms with E-state index in [0.717, 1.165) is 24.4 Å². The van der Waals surface area contributed by atoms with E-state index in [0.29, 0.717) is 16.8 Å². The number of imide groups is 2. The van der Waals surface area contributed by atoms with Crippen molar-refractivity contribution in [3.8, 4) is 0 Å². The molecule has 0 bridgehead atoms. The van der Waals surface area contributed by atoms with Crippen molar-refractivity contribution in [3.05, 3.63) is 29.3 Å². The van der Waals surface area contributed by atoms with Gasteiger partial charge in [0.2, 0.25) is 11.8 Å². The molecule has 0 saturated carbocycles. The van der Waals surface area contributed by atoms with Crippen LogP contribution in [0.2, 0.25) is 0 Å². The van der Waals surface area contributed by atoms with Crippen molar-refractivity contribution in [2.45, 2.75) is 25.3 Å². The molecule has 1 fully saturated rings. The van der Waals surface area contributed by atoms with Gasteiger partial charge in [0.05, 0.1) is 16.8 Å². The van der Waals surface area contributed by atoms with E-state index in [1.54, 1.807) is 18.2 Å². The van der Waals surface area contributed by atoms with Crippen molar-refractivity contribution in [1.82, 2.24) is 15.5 Å². The minimum Gasteiger partial charge on any atom is -0.374 e. The molecule has 1 saturated heterocycles. The summed E-state index contributed by atoms with van der Waals surface area (Å²) in [6.07, 6.45) is 1.15. The Hall–Kier alpha value is -2.74. The van der Waals surface area contributed by atoms with Gasteiger partial charge in [-0.1, -0.05) is 6.07 Å². The van der Waals surface area contributed by atoms with Gasteiger partial charge in [-0.25, -0.2) is 0 Å². The lowest BCUT2D eigenvalue weighted by molar-refractivity contribution is -0.136. The molecule has 8 nitrogen and oxygen atoms in total. The SMILES string of the molecule is CNCCCN(C)c1cccc2c1C(=O)N(C1CCC(=O)NC1=O)C2=O. The Kier molecular flexibility index (Phi) is 5.03. The third kappa shape index (κ3) is 3.08. The lowest BCUT2D eigenvalue weighted by Gasteiger charge is -2.28. The fourth-order valence-corrected chi connectivity index (χ4v) is 3.43. The van der Waals surface area contributed by atoms with Crippen LogP contribution in [0.15, 0.2) is 18.2 Å². The van der Waals surface area contributed by atoms with Crippen LogP contribution in [-0.2, 0) is 9.59 Å². The second kappa shape index (κ2) is 7.25. The van der Waals surface area contributed by atoms with E-state index in [-0.39, 0.29) is 18.7 Å². The first-order valence-corrected chi connectivity index (χ1v) is 8.66. The molecule has 0 radical (unpaired) electrons. The monoisotopic (exact) mass is 358 g/mol. The zero-order valence-corrected chi connectivity index (χ0v) is 14.9. The second-order valence-corrected chi connectivity index (χ2v) is 6.53. The van der Waals surface area contributed by atoms with Crippen LogP contribution in [0.4, 0.5) is 5.69 Å². The molecular weight excluding hydrogens is 336 g/mol. The van der Waals surface area contributed by atoms with Crippen LogP contribution in [0.3, 0.4) is 0 Å². The van der Waals surface area contributed by atoms with Crippen LogP contribution < -0.4 is 15.5 Å². The summed E-state index contributed by atoms with van der Waals surface area (Å²) in [5.74, 6) is -1.94. The lowest BCUT2D eigenvalue weighted by Crippen LogP contribution is -2.54. The van der Waals surface area contributed by atoms with Crippen molar-refractivity contribution < 1.29 is 19.2 Å². The van der Waals surface area contributed by atoms with Crippen molar-refractivity contribution >= 4 is 29.3 Å². The summed E-state index contributed by atoms with van der Waals surface area (Å²) < 4.78 is 0. The van der Waals surface area contributed by atoms with E-state index in [4.69, 9.17) is 0 Å². The van der Waals surface area contributed by atoms with Gasteiger partial charge in [0, 0.05) is 20.0 Å². The third-order valence-electron chi connectivity index (χ3n) is 4.78. The number of nitrogens with one attached hydrogen (secondary N) is 2. The standard InChI is InChI=1S/C18H22N4O4/c1-19-9-4-10-21(2)12-6-3-5-11-15(12)18(26)22(17(11)25)13-7-8-14(23)20-16(13)24/h3,5-6,13,19H,4,7-10H2,1-2H3,(H,20,23,24). The van der Waals surface area contributed by atoms with Gasteiger partial charge < -0.3 is 10.2 Å². The normalized spacial score (nSPS) is 19.6. The molecule has 2 aliphatic rings.